The Labute approximate surface area is 436 Å². The van der Waals surface area contributed by atoms with Gasteiger partial charge in [-0.1, -0.05) is 59.6 Å². The molecule has 6 aromatic rings. The van der Waals surface area contributed by atoms with Gasteiger partial charge in [0.05, 0.1) is 45.6 Å². The maximum atomic E-state index is 12.3. The lowest BCUT2D eigenvalue weighted by Gasteiger charge is -2.20. The summed E-state index contributed by atoms with van der Waals surface area (Å²) in [5, 5.41) is 50.2. The van der Waals surface area contributed by atoms with Crippen molar-refractivity contribution in [3.05, 3.63) is 162 Å². The first-order valence-electron chi connectivity index (χ1n) is 23.7. The van der Waals surface area contributed by atoms with Crippen LogP contribution in [0.5, 0.6) is 23.0 Å². The number of pyridine rings is 2. The number of aliphatic hydroxyl groups excluding tert-OH is 2. The van der Waals surface area contributed by atoms with E-state index in [2.05, 4.69) is 31.2 Å². The van der Waals surface area contributed by atoms with Gasteiger partial charge in [0.15, 0.2) is 0 Å². The van der Waals surface area contributed by atoms with Gasteiger partial charge in [0.1, 0.15) is 61.5 Å². The monoisotopic (exact) mass is 1050 g/mol. The van der Waals surface area contributed by atoms with Crippen molar-refractivity contribution < 1.29 is 58.6 Å². The zero-order valence-corrected chi connectivity index (χ0v) is 41.9. The predicted molar refractivity (Wildman–Crippen MR) is 272 cm³/mol. The molecular formula is C54H54Cl2N6O12. The number of aliphatic hydroxyl groups is 2. The number of aliphatic carboxylic acids is 2. The van der Waals surface area contributed by atoms with Crippen molar-refractivity contribution in [3.63, 3.8) is 0 Å². The number of carbonyl (C=O) groups is 4. The number of amides is 2. The molecule has 0 spiro atoms. The SMILES string of the molecule is Cc1c(COc2cc(OCc3cnc4c(c3)C(=O)NC4)c(CNC(CCO)C(=O)O)cc2Cl)cccc1-c1cccc(COc2cc(OCc3cnc4c(c3)C(=O)NC4)c(CNC(CCO)C(=O)O)cc2Cl)c1C. The number of nitrogens with zero attached hydrogens (tertiary/aromatic N) is 2. The first kappa shape index (κ1) is 53.0. The molecule has 0 saturated heterocycles. The maximum absolute atomic E-state index is 12.3. The number of aromatic nitrogens is 2. The molecule has 8 N–H and O–H groups in total. The van der Waals surface area contributed by atoms with Gasteiger partial charge in [-0.05, 0) is 84.3 Å². The van der Waals surface area contributed by atoms with Crippen molar-refractivity contribution in [3.8, 4) is 34.1 Å². The molecule has 2 unspecified atom stereocenters. The summed E-state index contributed by atoms with van der Waals surface area (Å²) in [6.45, 7) is 4.51. The second-order valence-electron chi connectivity index (χ2n) is 17.7. The normalized spacial score (nSPS) is 13.4. The molecule has 20 heteroatoms. The van der Waals surface area contributed by atoms with Gasteiger partial charge in [0.25, 0.3) is 11.8 Å². The summed E-state index contributed by atoms with van der Waals surface area (Å²) in [6, 6.07) is 19.8. The smallest absolute Gasteiger partial charge is 0.320 e. The molecule has 0 radical (unpaired) electrons. The van der Waals surface area contributed by atoms with E-state index < -0.39 is 24.0 Å². The fraction of sp³-hybridized carbons (Fsp3) is 0.296. The first-order chi connectivity index (χ1) is 35.7. The molecule has 8 rings (SSSR count). The van der Waals surface area contributed by atoms with Crippen molar-refractivity contribution >= 4 is 47.0 Å². The Morgan fingerprint density at radius 1 is 0.581 bits per heavy atom. The number of carboxylic acids is 2. The standard InChI is InChI=1S/C54H54Cl2N6O12/c1-29-33(27-73-49-17-47(35(15-41(49)55)21-59-43(9-11-63)53(67)68)71-25-31-13-39-45(57-19-31)23-61-51(39)65)5-3-7-37(29)38-8-4-6-34(30(38)2)28-74-50-18-48(36(16-42(50)56)22-60-44(10-12-64)54(69)70)72-26-32-14-40-46(58-20-32)24-62-52(40)66/h3-8,13-20,43-44,59-60,63-64H,9-12,21-28H2,1-2H3,(H,61,65)(H,62,66)(H,67,68)(H,69,70). The number of rotatable bonds is 25. The van der Waals surface area contributed by atoms with E-state index in [4.69, 9.17) is 42.1 Å². The Balaban J connectivity index is 0.991. The van der Waals surface area contributed by atoms with E-state index in [0.717, 1.165) is 33.4 Å². The highest BCUT2D eigenvalue weighted by Crippen LogP contribution is 2.38. The van der Waals surface area contributed by atoms with E-state index in [1.165, 1.54) is 0 Å². The van der Waals surface area contributed by atoms with Crippen LogP contribution in [0.2, 0.25) is 10.0 Å². The average Bonchev–Trinajstić information content (AvgIpc) is 3.95. The van der Waals surface area contributed by atoms with E-state index in [1.54, 1.807) is 48.8 Å². The van der Waals surface area contributed by atoms with Gasteiger partial charge in [-0.15, -0.1) is 0 Å². The van der Waals surface area contributed by atoms with E-state index >= 15 is 0 Å². The number of carbonyl (C=O) groups excluding carboxylic acids is 2. The summed E-state index contributed by atoms with van der Waals surface area (Å²) >= 11 is 13.7. The molecule has 4 heterocycles. The van der Waals surface area contributed by atoms with Crippen LogP contribution in [0.1, 0.15) is 89.5 Å². The molecule has 0 aliphatic carbocycles. The molecule has 74 heavy (non-hydrogen) atoms. The fourth-order valence-corrected chi connectivity index (χ4v) is 9.07. The van der Waals surface area contributed by atoms with E-state index in [1.807, 2.05) is 50.2 Å². The number of carboxylic acid groups (broad SMARTS) is 2. The summed E-state index contributed by atoms with van der Waals surface area (Å²) in [6.07, 6.45) is 3.26. The summed E-state index contributed by atoms with van der Waals surface area (Å²) in [5.74, 6) is -1.30. The Morgan fingerprint density at radius 3 is 1.38 bits per heavy atom. The molecule has 2 aliphatic rings. The molecule has 0 saturated carbocycles. The second kappa shape index (κ2) is 24.1. The molecular weight excluding hydrogens is 996 g/mol. The zero-order valence-electron chi connectivity index (χ0n) is 40.4. The molecule has 0 fully saturated rings. The van der Waals surface area contributed by atoms with E-state index in [9.17, 15) is 39.6 Å². The maximum Gasteiger partial charge on any atom is 0.320 e. The average molecular weight is 1050 g/mol. The van der Waals surface area contributed by atoms with E-state index in [-0.39, 0.29) is 87.4 Å². The summed E-state index contributed by atoms with van der Waals surface area (Å²) in [5.41, 5.74) is 10.2. The van der Waals surface area contributed by atoms with Crippen molar-refractivity contribution in [2.45, 2.75) is 91.4 Å². The number of benzene rings is 4. The van der Waals surface area contributed by atoms with Crippen LogP contribution in [-0.2, 0) is 62.2 Å². The van der Waals surface area contributed by atoms with Crippen LogP contribution in [0.15, 0.2) is 85.2 Å². The lowest BCUT2D eigenvalue weighted by molar-refractivity contribution is -0.140. The van der Waals surface area contributed by atoms with Crippen LogP contribution in [-0.4, -0.2) is 79.4 Å². The lowest BCUT2D eigenvalue weighted by atomic mass is 9.92. The second-order valence-corrected chi connectivity index (χ2v) is 18.5. The van der Waals surface area contributed by atoms with Crippen LogP contribution < -0.4 is 40.2 Å². The van der Waals surface area contributed by atoms with Crippen molar-refractivity contribution in [1.29, 1.82) is 0 Å². The highest BCUT2D eigenvalue weighted by atomic mass is 35.5. The quantitative estimate of drug-likeness (QED) is 0.0296. The Bertz CT molecular complexity index is 2900. The number of hydrogen-bond acceptors (Lipinski definition) is 14. The summed E-state index contributed by atoms with van der Waals surface area (Å²) in [4.78, 5) is 57.2. The van der Waals surface area contributed by atoms with Crippen molar-refractivity contribution in [2.24, 2.45) is 0 Å². The molecule has 4 aromatic carbocycles. The van der Waals surface area contributed by atoms with Gasteiger partial charge in [0, 0.05) is 73.1 Å². The zero-order chi connectivity index (χ0) is 52.5. The van der Waals surface area contributed by atoms with Crippen LogP contribution in [0.25, 0.3) is 11.1 Å². The third-order valence-electron chi connectivity index (χ3n) is 12.9. The van der Waals surface area contributed by atoms with Crippen LogP contribution in [0, 0.1) is 13.8 Å². The van der Waals surface area contributed by atoms with Gasteiger partial charge in [-0.25, -0.2) is 0 Å². The third-order valence-corrected chi connectivity index (χ3v) is 13.4. The Kier molecular flexibility index (Phi) is 17.3. The molecule has 0 bridgehead atoms. The van der Waals surface area contributed by atoms with Crippen molar-refractivity contribution in [2.75, 3.05) is 13.2 Å². The number of hydrogen-bond donors (Lipinski definition) is 8. The van der Waals surface area contributed by atoms with Gasteiger partial charge in [0.2, 0.25) is 0 Å². The number of halogens is 2. The molecule has 18 nitrogen and oxygen atoms in total. The van der Waals surface area contributed by atoms with Crippen molar-refractivity contribution in [1.82, 2.24) is 31.2 Å². The summed E-state index contributed by atoms with van der Waals surface area (Å²) in [7, 11) is 0. The minimum absolute atomic E-state index is 0.00732. The number of ether oxygens (including phenoxy) is 4. The topological polar surface area (TPSA) is 260 Å². The Morgan fingerprint density at radius 2 is 0.986 bits per heavy atom. The molecule has 2 amide bonds. The van der Waals surface area contributed by atoms with Gasteiger partial charge in [-0.3, -0.25) is 29.1 Å². The van der Waals surface area contributed by atoms with Gasteiger partial charge >= 0.3 is 11.9 Å². The highest BCUT2D eigenvalue weighted by Gasteiger charge is 2.24. The van der Waals surface area contributed by atoms with E-state index in [0.29, 0.717) is 80.9 Å². The molecule has 2 aliphatic heterocycles. The number of nitrogens with one attached hydrogen (secondary N) is 4. The first-order valence-corrected chi connectivity index (χ1v) is 24.5. The molecule has 2 atom stereocenters. The number of fused-ring (bicyclic) bond motifs is 2. The molecule has 2 aromatic heterocycles. The largest absolute Gasteiger partial charge is 0.488 e. The lowest BCUT2D eigenvalue weighted by Crippen LogP contribution is -2.37. The Hall–Kier alpha value is -7.32. The van der Waals surface area contributed by atoms with Gasteiger partial charge in [-0.2, -0.15) is 0 Å². The fourth-order valence-electron chi connectivity index (χ4n) is 8.59. The summed E-state index contributed by atoms with van der Waals surface area (Å²) < 4.78 is 25.3. The minimum Gasteiger partial charge on any atom is -0.488 e. The van der Waals surface area contributed by atoms with Crippen LogP contribution >= 0.6 is 23.2 Å². The predicted octanol–water partition coefficient (Wildman–Crippen LogP) is 6.72. The highest BCUT2D eigenvalue weighted by molar-refractivity contribution is 6.32. The molecule has 386 valence electrons. The van der Waals surface area contributed by atoms with Crippen LogP contribution in [0.4, 0.5) is 0 Å². The minimum atomic E-state index is -1.11. The van der Waals surface area contributed by atoms with Gasteiger partial charge < -0.3 is 60.6 Å². The van der Waals surface area contributed by atoms with Crippen LogP contribution in [0.3, 0.4) is 0 Å². The third kappa shape index (κ3) is 12.5.